The Morgan fingerprint density at radius 2 is 2.19 bits per heavy atom. The molecule has 2 saturated heterocycles. The number of alkyl halides is 1. The van der Waals surface area contributed by atoms with Crippen molar-refractivity contribution in [2.45, 2.75) is 51.5 Å². The SMILES string of the molecule is CC1(C)CCN[C@H]1C(=O)N1C[C@H](F)CC1C(=O)NCc1cc(Cl)ccc1-n1cncn1. The van der Waals surface area contributed by atoms with Gasteiger partial charge < -0.3 is 15.5 Å². The second-order valence-corrected chi connectivity index (χ2v) is 9.23. The number of amides is 2. The number of carbonyl (C=O) groups excluding carboxylic acids is 2. The summed E-state index contributed by atoms with van der Waals surface area (Å²) in [5, 5.41) is 10.7. The van der Waals surface area contributed by atoms with Crippen LogP contribution in [0.3, 0.4) is 0 Å². The van der Waals surface area contributed by atoms with Gasteiger partial charge in [-0.15, -0.1) is 0 Å². The van der Waals surface area contributed by atoms with Crippen molar-refractivity contribution >= 4 is 23.4 Å². The van der Waals surface area contributed by atoms with Crippen LogP contribution in [0.4, 0.5) is 4.39 Å². The molecule has 0 aliphatic carbocycles. The quantitative estimate of drug-likeness (QED) is 0.728. The summed E-state index contributed by atoms with van der Waals surface area (Å²) < 4.78 is 15.8. The third-order valence-electron chi connectivity index (χ3n) is 6.14. The van der Waals surface area contributed by atoms with E-state index in [-0.39, 0.29) is 36.7 Å². The Kier molecular flexibility index (Phi) is 5.98. The van der Waals surface area contributed by atoms with Crippen molar-refractivity contribution in [2.75, 3.05) is 13.1 Å². The summed E-state index contributed by atoms with van der Waals surface area (Å²) in [6, 6.07) is 4.00. The van der Waals surface area contributed by atoms with Crippen molar-refractivity contribution in [1.82, 2.24) is 30.3 Å². The molecule has 2 fully saturated rings. The Labute approximate surface area is 185 Å². The molecule has 2 aliphatic heterocycles. The minimum atomic E-state index is -1.22. The highest BCUT2D eigenvalue weighted by Gasteiger charge is 2.47. The molecular weight excluding hydrogens is 423 g/mol. The van der Waals surface area contributed by atoms with Gasteiger partial charge in [-0.2, -0.15) is 5.10 Å². The lowest BCUT2D eigenvalue weighted by atomic mass is 9.84. The average molecular weight is 449 g/mol. The van der Waals surface area contributed by atoms with Crippen molar-refractivity contribution in [3.63, 3.8) is 0 Å². The number of rotatable bonds is 5. The van der Waals surface area contributed by atoms with Crippen molar-refractivity contribution in [1.29, 1.82) is 0 Å². The third-order valence-corrected chi connectivity index (χ3v) is 6.38. The summed E-state index contributed by atoms with van der Waals surface area (Å²) in [6.07, 6.45) is 2.60. The monoisotopic (exact) mass is 448 g/mol. The van der Waals surface area contributed by atoms with Crippen LogP contribution in [0, 0.1) is 5.41 Å². The van der Waals surface area contributed by atoms with E-state index in [1.807, 2.05) is 13.8 Å². The zero-order valence-electron chi connectivity index (χ0n) is 17.5. The lowest BCUT2D eigenvalue weighted by Crippen LogP contribution is -2.54. The molecule has 4 rings (SSSR count). The molecule has 31 heavy (non-hydrogen) atoms. The highest BCUT2D eigenvalue weighted by molar-refractivity contribution is 6.30. The number of carbonyl (C=O) groups is 2. The molecule has 1 aromatic carbocycles. The van der Waals surface area contributed by atoms with E-state index in [0.29, 0.717) is 5.02 Å². The van der Waals surface area contributed by atoms with Crippen LogP contribution >= 0.6 is 11.6 Å². The molecule has 8 nitrogen and oxygen atoms in total. The molecule has 10 heteroatoms. The standard InChI is InChI=1S/C21H26ClFN6O2/c1-21(2)5-6-25-18(21)20(31)28-10-15(23)8-17(28)19(30)26-9-13-7-14(22)3-4-16(13)29-12-24-11-27-29/h3-4,7,11-12,15,17-18,25H,5-6,8-10H2,1-2H3,(H,26,30)/t15-,17?,18+/m1/s1. The van der Waals surface area contributed by atoms with Gasteiger partial charge >= 0.3 is 0 Å². The van der Waals surface area contributed by atoms with Gasteiger partial charge in [0, 0.05) is 18.0 Å². The maximum atomic E-state index is 14.3. The summed E-state index contributed by atoms with van der Waals surface area (Å²) in [7, 11) is 0. The predicted molar refractivity (Wildman–Crippen MR) is 113 cm³/mol. The number of hydrogen-bond donors (Lipinski definition) is 2. The summed E-state index contributed by atoms with van der Waals surface area (Å²) in [5.74, 6) is -0.595. The molecular formula is C21H26ClFN6O2. The number of aromatic nitrogens is 3. The fourth-order valence-corrected chi connectivity index (χ4v) is 4.57. The van der Waals surface area contributed by atoms with Crippen LogP contribution in [0.2, 0.25) is 5.02 Å². The first kappa shape index (κ1) is 21.7. The largest absolute Gasteiger partial charge is 0.350 e. The molecule has 166 valence electrons. The van der Waals surface area contributed by atoms with E-state index in [0.717, 1.165) is 24.2 Å². The molecule has 1 unspecified atom stereocenters. The number of halogens is 2. The normalized spacial score (nSPS) is 25.0. The van der Waals surface area contributed by atoms with Crippen LogP contribution in [-0.2, 0) is 16.1 Å². The molecule has 0 saturated carbocycles. The predicted octanol–water partition coefficient (Wildman–Crippen LogP) is 1.86. The van der Waals surface area contributed by atoms with Gasteiger partial charge in [0.15, 0.2) is 0 Å². The summed E-state index contributed by atoms with van der Waals surface area (Å²) in [6.45, 7) is 4.85. The van der Waals surface area contributed by atoms with Gasteiger partial charge in [-0.05, 0) is 42.1 Å². The maximum absolute atomic E-state index is 14.3. The van der Waals surface area contributed by atoms with E-state index in [9.17, 15) is 14.0 Å². The molecule has 3 heterocycles. The first-order chi connectivity index (χ1) is 14.8. The maximum Gasteiger partial charge on any atom is 0.243 e. The highest BCUT2D eigenvalue weighted by Crippen LogP contribution is 2.33. The Morgan fingerprint density at radius 1 is 1.39 bits per heavy atom. The summed E-state index contributed by atoms with van der Waals surface area (Å²) in [5.41, 5.74) is 1.22. The van der Waals surface area contributed by atoms with Crippen molar-refractivity contribution in [2.24, 2.45) is 5.41 Å². The van der Waals surface area contributed by atoms with E-state index in [1.54, 1.807) is 29.2 Å². The second-order valence-electron chi connectivity index (χ2n) is 8.80. The number of hydrogen-bond acceptors (Lipinski definition) is 5. The molecule has 2 amide bonds. The highest BCUT2D eigenvalue weighted by atomic mass is 35.5. The van der Waals surface area contributed by atoms with Crippen molar-refractivity contribution in [3.8, 4) is 5.69 Å². The molecule has 0 bridgehead atoms. The smallest absolute Gasteiger partial charge is 0.243 e. The van der Waals surface area contributed by atoms with Gasteiger partial charge in [0.05, 0.1) is 18.3 Å². The zero-order valence-corrected chi connectivity index (χ0v) is 18.3. The molecule has 3 atom stereocenters. The summed E-state index contributed by atoms with van der Waals surface area (Å²) >= 11 is 6.14. The van der Waals surface area contributed by atoms with Gasteiger partial charge in [0.2, 0.25) is 11.8 Å². The van der Waals surface area contributed by atoms with Gasteiger partial charge in [-0.1, -0.05) is 25.4 Å². The first-order valence-corrected chi connectivity index (χ1v) is 10.7. The van der Waals surface area contributed by atoms with E-state index in [2.05, 4.69) is 20.7 Å². The minimum Gasteiger partial charge on any atom is -0.350 e. The number of nitrogens with one attached hydrogen (secondary N) is 2. The molecule has 2 aliphatic rings. The third kappa shape index (κ3) is 4.43. The van der Waals surface area contributed by atoms with Crippen molar-refractivity contribution < 1.29 is 14.0 Å². The zero-order chi connectivity index (χ0) is 22.2. The fraction of sp³-hybridized carbons (Fsp3) is 0.524. The Bertz CT molecular complexity index is 967. The van der Waals surface area contributed by atoms with Gasteiger partial charge in [0.1, 0.15) is 24.9 Å². The first-order valence-electron chi connectivity index (χ1n) is 10.4. The van der Waals surface area contributed by atoms with Gasteiger partial charge in [-0.3, -0.25) is 9.59 Å². The average Bonchev–Trinajstić information content (AvgIpc) is 3.45. The Balaban J connectivity index is 1.48. The molecule has 1 aromatic heterocycles. The summed E-state index contributed by atoms with van der Waals surface area (Å²) in [4.78, 5) is 31.4. The lowest BCUT2D eigenvalue weighted by molar-refractivity contribution is -0.141. The molecule has 2 aromatic rings. The van der Waals surface area contributed by atoms with Crippen LogP contribution in [0.1, 0.15) is 32.3 Å². The molecule has 0 spiro atoms. The number of nitrogens with zero attached hydrogens (tertiary/aromatic N) is 4. The number of benzene rings is 1. The van der Waals surface area contributed by atoms with Crippen LogP contribution in [0.15, 0.2) is 30.9 Å². The molecule has 0 radical (unpaired) electrons. The van der Waals surface area contributed by atoms with Crippen LogP contribution in [0.25, 0.3) is 5.69 Å². The Hall–Kier alpha value is -2.52. The van der Waals surface area contributed by atoms with Crippen LogP contribution in [-0.4, -0.2) is 62.8 Å². The van der Waals surface area contributed by atoms with E-state index in [1.165, 1.54) is 11.2 Å². The molecule has 2 N–H and O–H groups in total. The minimum absolute atomic E-state index is 0.00377. The van der Waals surface area contributed by atoms with Gasteiger partial charge in [0.25, 0.3) is 0 Å². The fourth-order valence-electron chi connectivity index (χ4n) is 4.38. The van der Waals surface area contributed by atoms with Crippen LogP contribution < -0.4 is 10.6 Å². The Morgan fingerprint density at radius 3 is 2.87 bits per heavy atom. The lowest BCUT2D eigenvalue weighted by Gasteiger charge is -2.32. The van der Waals surface area contributed by atoms with E-state index in [4.69, 9.17) is 11.6 Å². The van der Waals surface area contributed by atoms with E-state index >= 15 is 0 Å². The van der Waals surface area contributed by atoms with E-state index < -0.39 is 18.3 Å². The van der Waals surface area contributed by atoms with Crippen molar-refractivity contribution in [3.05, 3.63) is 41.4 Å². The van der Waals surface area contributed by atoms with Crippen LogP contribution in [0.5, 0.6) is 0 Å². The number of likely N-dealkylation sites (tertiary alicyclic amines) is 1. The topological polar surface area (TPSA) is 92.2 Å². The second kappa shape index (κ2) is 8.55. The van der Waals surface area contributed by atoms with Gasteiger partial charge in [-0.25, -0.2) is 14.1 Å².